The van der Waals surface area contributed by atoms with Crippen LogP contribution in [0.2, 0.25) is 0 Å². The van der Waals surface area contributed by atoms with Crippen LogP contribution in [0.25, 0.3) is 11.2 Å². The van der Waals surface area contributed by atoms with Crippen LogP contribution in [0.5, 0.6) is 0 Å². The molecule has 2 aromatic rings. The fourth-order valence-corrected chi connectivity index (χ4v) is 3.14. The lowest BCUT2D eigenvalue weighted by Gasteiger charge is -2.31. The Morgan fingerprint density at radius 3 is 2.33 bits per heavy atom. The van der Waals surface area contributed by atoms with E-state index < -0.39 is 11.2 Å². The highest BCUT2D eigenvalue weighted by molar-refractivity contribution is 5.75. The SMILES string of the molecule is CNn1c(=O)c2c(nc(N3CCCC(N)C3)n2NC)n(NC)c1=O. The van der Waals surface area contributed by atoms with E-state index in [4.69, 9.17) is 5.73 Å². The zero-order valence-electron chi connectivity index (χ0n) is 14.0. The van der Waals surface area contributed by atoms with Crippen molar-refractivity contribution in [2.75, 3.05) is 55.4 Å². The van der Waals surface area contributed by atoms with Gasteiger partial charge in [-0.15, -0.1) is 0 Å². The van der Waals surface area contributed by atoms with Gasteiger partial charge in [-0.25, -0.2) is 9.47 Å². The highest BCUT2D eigenvalue weighted by atomic mass is 16.2. The number of anilines is 1. The van der Waals surface area contributed by atoms with E-state index in [1.54, 1.807) is 18.8 Å². The quantitative estimate of drug-likeness (QED) is 0.495. The monoisotopic (exact) mass is 337 g/mol. The molecule has 1 atom stereocenters. The molecule has 11 heteroatoms. The van der Waals surface area contributed by atoms with Crippen LogP contribution in [0.15, 0.2) is 9.59 Å². The van der Waals surface area contributed by atoms with Crippen LogP contribution in [0, 0.1) is 0 Å². The molecule has 0 aliphatic carbocycles. The number of imidazole rings is 1. The Morgan fingerprint density at radius 1 is 1.08 bits per heavy atom. The first-order chi connectivity index (χ1) is 11.5. The normalized spacial score (nSPS) is 18.0. The molecule has 2 aromatic heterocycles. The highest BCUT2D eigenvalue weighted by Gasteiger charge is 2.26. The Bertz CT molecular complexity index is 865. The minimum Gasteiger partial charge on any atom is -0.339 e. The van der Waals surface area contributed by atoms with Gasteiger partial charge in [0.05, 0.1) is 0 Å². The van der Waals surface area contributed by atoms with Gasteiger partial charge in [0, 0.05) is 40.3 Å². The Hall–Kier alpha value is -2.69. The predicted octanol–water partition coefficient (Wildman–Crippen LogP) is -2.19. The van der Waals surface area contributed by atoms with Gasteiger partial charge in [-0.1, -0.05) is 0 Å². The number of nitrogens with zero attached hydrogens (tertiary/aromatic N) is 5. The lowest BCUT2D eigenvalue weighted by Crippen LogP contribution is -2.46. The molecule has 0 aromatic carbocycles. The summed E-state index contributed by atoms with van der Waals surface area (Å²) in [4.78, 5) is 31.7. The van der Waals surface area contributed by atoms with E-state index in [0.717, 1.165) is 24.1 Å². The van der Waals surface area contributed by atoms with Crippen LogP contribution in [0.1, 0.15) is 12.8 Å². The molecule has 0 saturated carbocycles. The first-order valence-electron chi connectivity index (χ1n) is 7.87. The number of hydrogen-bond acceptors (Lipinski definition) is 8. The Kier molecular flexibility index (Phi) is 4.09. The van der Waals surface area contributed by atoms with Crippen molar-refractivity contribution >= 4 is 17.1 Å². The van der Waals surface area contributed by atoms with Gasteiger partial charge in [0.2, 0.25) is 5.95 Å². The topological polar surface area (TPSA) is 127 Å². The molecule has 1 aliphatic rings. The van der Waals surface area contributed by atoms with Crippen molar-refractivity contribution in [1.82, 2.24) is 19.0 Å². The summed E-state index contributed by atoms with van der Waals surface area (Å²) < 4.78 is 3.76. The molecule has 1 fully saturated rings. The summed E-state index contributed by atoms with van der Waals surface area (Å²) in [7, 11) is 4.81. The van der Waals surface area contributed by atoms with E-state index in [9.17, 15) is 9.59 Å². The van der Waals surface area contributed by atoms with Crippen molar-refractivity contribution in [3.05, 3.63) is 20.8 Å². The van der Waals surface area contributed by atoms with Crippen molar-refractivity contribution in [2.24, 2.45) is 5.73 Å². The average Bonchev–Trinajstić information content (AvgIpc) is 2.95. The molecule has 3 rings (SSSR count). The number of piperidine rings is 1. The molecule has 11 nitrogen and oxygen atoms in total. The van der Waals surface area contributed by atoms with Crippen molar-refractivity contribution in [1.29, 1.82) is 0 Å². The third kappa shape index (κ3) is 2.28. The van der Waals surface area contributed by atoms with E-state index in [0.29, 0.717) is 12.5 Å². The molecule has 1 aliphatic heterocycles. The maximum atomic E-state index is 12.7. The Morgan fingerprint density at radius 2 is 1.75 bits per heavy atom. The van der Waals surface area contributed by atoms with Crippen LogP contribution in [0.3, 0.4) is 0 Å². The molecule has 1 unspecified atom stereocenters. The minimum atomic E-state index is -0.542. The average molecular weight is 337 g/mol. The van der Waals surface area contributed by atoms with E-state index >= 15 is 0 Å². The lowest BCUT2D eigenvalue weighted by molar-refractivity contribution is 0.497. The summed E-state index contributed by atoms with van der Waals surface area (Å²) >= 11 is 0. The Balaban J connectivity index is 2.31. The number of nitrogens with one attached hydrogen (secondary N) is 3. The second kappa shape index (κ2) is 6.07. The molecule has 3 heterocycles. The summed E-state index contributed by atoms with van der Waals surface area (Å²) in [6.07, 6.45) is 1.91. The second-order valence-electron chi connectivity index (χ2n) is 5.70. The van der Waals surface area contributed by atoms with Gasteiger partial charge in [0.25, 0.3) is 0 Å². The summed E-state index contributed by atoms with van der Waals surface area (Å²) in [6, 6.07) is 0.0596. The fourth-order valence-electron chi connectivity index (χ4n) is 3.14. The van der Waals surface area contributed by atoms with E-state index in [1.807, 2.05) is 4.90 Å². The molecule has 1 saturated heterocycles. The van der Waals surface area contributed by atoms with Gasteiger partial charge in [-0.05, 0) is 12.8 Å². The van der Waals surface area contributed by atoms with Gasteiger partial charge >= 0.3 is 11.2 Å². The van der Waals surface area contributed by atoms with Crippen LogP contribution in [0.4, 0.5) is 5.95 Å². The molecule has 132 valence electrons. The summed E-state index contributed by atoms with van der Waals surface area (Å²) in [5.74, 6) is 0.567. The van der Waals surface area contributed by atoms with Crippen molar-refractivity contribution in [3.8, 4) is 0 Å². The molecule has 0 bridgehead atoms. The first-order valence-corrected chi connectivity index (χ1v) is 7.87. The number of fused-ring (bicyclic) bond motifs is 1. The highest BCUT2D eigenvalue weighted by Crippen LogP contribution is 2.21. The maximum absolute atomic E-state index is 12.7. The van der Waals surface area contributed by atoms with Crippen molar-refractivity contribution in [3.63, 3.8) is 0 Å². The third-order valence-electron chi connectivity index (χ3n) is 4.25. The van der Waals surface area contributed by atoms with Crippen molar-refractivity contribution in [2.45, 2.75) is 18.9 Å². The zero-order chi connectivity index (χ0) is 17.4. The van der Waals surface area contributed by atoms with Gasteiger partial charge in [0.1, 0.15) is 0 Å². The molecular formula is C13H23N9O2. The lowest BCUT2D eigenvalue weighted by atomic mass is 10.1. The van der Waals surface area contributed by atoms with Crippen LogP contribution in [-0.4, -0.2) is 59.3 Å². The number of hydrogen-bond donors (Lipinski definition) is 4. The maximum Gasteiger partial charge on any atom is 0.370 e. The summed E-state index contributed by atoms with van der Waals surface area (Å²) in [5, 5.41) is 0. The molecule has 0 radical (unpaired) electrons. The molecule has 24 heavy (non-hydrogen) atoms. The van der Waals surface area contributed by atoms with Crippen LogP contribution >= 0.6 is 0 Å². The minimum absolute atomic E-state index is 0.0596. The predicted molar refractivity (Wildman–Crippen MR) is 93.5 cm³/mol. The molecule has 0 amide bonds. The van der Waals surface area contributed by atoms with Gasteiger partial charge in [0.15, 0.2) is 11.2 Å². The van der Waals surface area contributed by atoms with E-state index in [2.05, 4.69) is 21.3 Å². The van der Waals surface area contributed by atoms with Crippen LogP contribution in [-0.2, 0) is 0 Å². The third-order valence-corrected chi connectivity index (χ3v) is 4.25. The summed E-state index contributed by atoms with van der Waals surface area (Å²) in [6.45, 7) is 1.44. The van der Waals surface area contributed by atoms with Gasteiger partial charge in [-0.3, -0.25) is 4.79 Å². The largest absolute Gasteiger partial charge is 0.370 e. The molecule has 0 spiro atoms. The molecule has 5 N–H and O–H groups in total. The first kappa shape index (κ1) is 16.2. The van der Waals surface area contributed by atoms with Crippen molar-refractivity contribution < 1.29 is 0 Å². The van der Waals surface area contributed by atoms with E-state index in [-0.39, 0.29) is 17.2 Å². The number of rotatable bonds is 4. The number of aromatic nitrogens is 4. The summed E-state index contributed by atoms with van der Waals surface area (Å²) in [5.41, 5.74) is 13.9. The fraction of sp³-hybridized carbons (Fsp3) is 0.615. The second-order valence-corrected chi connectivity index (χ2v) is 5.70. The molecular weight excluding hydrogens is 314 g/mol. The smallest absolute Gasteiger partial charge is 0.339 e. The van der Waals surface area contributed by atoms with Gasteiger partial charge < -0.3 is 26.9 Å². The zero-order valence-corrected chi connectivity index (χ0v) is 14.0. The Labute approximate surface area is 138 Å². The van der Waals surface area contributed by atoms with Crippen LogP contribution < -0.4 is 38.2 Å². The standard InChI is InChI=1S/C13H23N9O2/c1-15-20-9-10(18-12(20)19-6-4-5-8(14)7-19)21(16-2)13(24)22(17-3)11(9)23/h8,15-17H,4-7,14H2,1-3H3. The van der Waals surface area contributed by atoms with Gasteiger partial charge in [-0.2, -0.15) is 14.3 Å². The van der Waals surface area contributed by atoms with E-state index in [1.165, 1.54) is 11.7 Å². The number of nitrogens with two attached hydrogens (primary N) is 1.